The van der Waals surface area contributed by atoms with Crippen molar-refractivity contribution in [3.8, 4) is 0 Å². The third kappa shape index (κ3) is 143. The summed E-state index contributed by atoms with van der Waals surface area (Å²) in [5.41, 5.74) is 6.42. The van der Waals surface area contributed by atoms with Crippen LogP contribution in [0.4, 0.5) is 4.79 Å². The van der Waals surface area contributed by atoms with Crippen LogP contribution < -0.4 is 17.1 Å². The first-order chi connectivity index (χ1) is 4.15. The fourth-order valence-electron chi connectivity index (χ4n) is 0.0833. The van der Waals surface area contributed by atoms with Crippen LogP contribution in [-0.2, 0) is 4.94 Å². The minimum absolute atomic E-state index is 0.747. The first-order valence-electron chi connectivity index (χ1n) is 2.22. The summed E-state index contributed by atoms with van der Waals surface area (Å²) in [5.74, 6) is 4.53. The molecule has 6 N–H and O–H groups in total. The Kier molecular flexibility index (Phi) is 12.5. The van der Waals surface area contributed by atoms with E-state index in [-0.39, 0.29) is 0 Å². The van der Waals surface area contributed by atoms with E-state index in [1.165, 1.54) is 0 Å². The molecule has 0 fully saturated rings. The van der Waals surface area contributed by atoms with Crippen LogP contribution in [0.3, 0.4) is 0 Å². The Balaban J connectivity index is 0. The molecular formula is C3H11N3O3. The number of primary amides is 1. The first-order valence-corrected chi connectivity index (χ1v) is 2.22. The summed E-state index contributed by atoms with van der Waals surface area (Å²) in [4.78, 5) is 12.7. The second kappa shape index (κ2) is 10.2. The molecule has 0 aliphatic heterocycles. The predicted molar refractivity (Wildman–Crippen MR) is 31.2 cm³/mol. The highest BCUT2D eigenvalue weighted by atomic mass is 16.8. The van der Waals surface area contributed by atoms with Crippen LogP contribution in [0.5, 0.6) is 0 Å². The number of nitrogens with two attached hydrogens (primary N) is 2. The highest BCUT2D eigenvalue weighted by Gasteiger charge is 1.65. The lowest BCUT2D eigenvalue weighted by atomic mass is 10.8. The van der Waals surface area contributed by atoms with Crippen LogP contribution in [0.2, 0.25) is 0 Å². The van der Waals surface area contributed by atoms with Crippen molar-refractivity contribution in [2.75, 3.05) is 6.54 Å². The fourth-order valence-corrected chi connectivity index (χ4v) is 0.0833. The van der Waals surface area contributed by atoms with Gasteiger partial charge in [0, 0.05) is 6.54 Å². The third-order valence-electron chi connectivity index (χ3n) is 0.228. The Morgan fingerprint density at radius 2 is 2.22 bits per heavy atom. The molecule has 1 amide bonds. The number of nitrogens with one attached hydrogen (secondary N) is 1. The maximum atomic E-state index is 8.78. The molecule has 0 unspecified atom stereocenters. The van der Waals surface area contributed by atoms with Crippen LogP contribution in [0.25, 0.3) is 0 Å². The van der Waals surface area contributed by atoms with Crippen molar-refractivity contribution in [2.45, 2.75) is 6.92 Å². The Morgan fingerprint density at radius 3 is 2.22 bits per heavy atom. The van der Waals surface area contributed by atoms with Gasteiger partial charge in [-0.15, -0.1) is 0 Å². The molecule has 6 heteroatoms. The SMILES string of the molecule is CCNON.NC(=O)O. The molecule has 0 saturated carbocycles. The van der Waals surface area contributed by atoms with Crippen molar-refractivity contribution in [1.82, 2.24) is 5.48 Å². The normalized spacial score (nSPS) is 7.33. The van der Waals surface area contributed by atoms with Gasteiger partial charge in [-0.05, 0) is 0 Å². The van der Waals surface area contributed by atoms with Crippen LogP contribution in [-0.4, -0.2) is 17.7 Å². The number of hydrogen-bond acceptors (Lipinski definition) is 4. The van der Waals surface area contributed by atoms with Gasteiger partial charge in [-0.1, -0.05) is 6.92 Å². The molecule has 0 aliphatic carbocycles. The smallest absolute Gasteiger partial charge is 0.402 e. The van der Waals surface area contributed by atoms with Gasteiger partial charge in [-0.2, -0.15) is 11.4 Å². The first kappa shape index (κ1) is 11.0. The molecular weight excluding hydrogens is 126 g/mol. The van der Waals surface area contributed by atoms with E-state index in [2.05, 4.69) is 22.0 Å². The zero-order valence-electron chi connectivity index (χ0n) is 5.13. The monoisotopic (exact) mass is 137 g/mol. The second-order valence-corrected chi connectivity index (χ2v) is 0.954. The predicted octanol–water partition coefficient (Wildman–Crippen LogP) is -0.976. The standard InChI is InChI=1S/C2H8N2O.CH3NO2/c1-2-4-5-3;2-1(3)4/h4H,2-3H2,1H3;2H2,(H,3,4). The largest absolute Gasteiger partial charge is 0.465 e. The highest BCUT2D eigenvalue weighted by molar-refractivity contribution is 5.61. The van der Waals surface area contributed by atoms with E-state index in [1.807, 2.05) is 6.92 Å². The number of amides is 1. The minimum atomic E-state index is -1.33. The lowest BCUT2D eigenvalue weighted by Crippen LogP contribution is -2.17. The summed E-state index contributed by atoms with van der Waals surface area (Å²) in [6, 6.07) is 0. The van der Waals surface area contributed by atoms with Crippen molar-refractivity contribution in [1.29, 1.82) is 0 Å². The van der Waals surface area contributed by atoms with E-state index in [0.29, 0.717) is 0 Å². The van der Waals surface area contributed by atoms with Crippen LogP contribution >= 0.6 is 0 Å². The summed E-state index contributed by atoms with van der Waals surface area (Å²) in [7, 11) is 0. The number of hydrogen-bond donors (Lipinski definition) is 4. The summed E-state index contributed by atoms with van der Waals surface area (Å²) in [5, 5.41) is 7.19. The summed E-state index contributed by atoms with van der Waals surface area (Å²) >= 11 is 0. The third-order valence-corrected chi connectivity index (χ3v) is 0.228. The maximum absolute atomic E-state index is 8.78. The van der Waals surface area contributed by atoms with Crippen LogP contribution in [0.1, 0.15) is 6.92 Å². The summed E-state index contributed by atoms with van der Waals surface area (Å²) < 4.78 is 0. The van der Waals surface area contributed by atoms with Crippen molar-refractivity contribution >= 4 is 6.09 Å². The van der Waals surface area contributed by atoms with Crippen LogP contribution in [0.15, 0.2) is 0 Å². The highest BCUT2D eigenvalue weighted by Crippen LogP contribution is 1.42. The Morgan fingerprint density at radius 1 is 1.89 bits per heavy atom. The van der Waals surface area contributed by atoms with E-state index in [0.717, 1.165) is 6.54 Å². The Labute approximate surface area is 52.7 Å². The topological polar surface area (TPSA) is 111 Å². The van der Waals surface area contributed by atoms with Crippen molar-refractivity contribution in [2.24, 2.45) is 11.6 Å². The fraction of sp³-hybridized carbons (Fsp3) is 0.667. The zero-order chi connectivity index (χ0) is 7.70. The Hall–Kier alpha value is -0.850. The molecule has 0 aromatic carbocycles. The van der Waals surface area contributed by atoms with Gasteiger partial charge in [0.2, 0.25) is 0 Å². The summed E-state index contributed by atoms with van der Waals surface area (Å²) in [6.07, 6.45) is -1.33. The van der Waals surface area contributed by atoms with Crippen molar-refractivity contribution in [3.05, 3.63) is 0 Å². The maximum Gasteiger partial charge on any atom is 0.402 e. The molecule has 0 atom stereocenters. The molecule has 9 heavy (non-hydrogen) atoms. The van der Waals surface area contributed by atoms with Gasteiger partial charge in [0.1, 0.15) is 0 Å². The molecule has 0 aromatic rings. The van der Waals surface area contributed by atoms with E-state index in [4.69, 9.17) is 9.90 Å². The van der Waals surface area contributed by atoms with Gasteiger partial charge in [-0.3, -0.25) is 0 Å². The van der Waals surface area contributed by atoms with E-state index < -0.39 is 6.09 Å². The number of hydroxylamine groups is 1. The van der Waals surface area contributed by atoms with E-state index >= 15 is 0 Å². The molecule has 0 saturated heterocycles. The molecule has 0 radical (unpaired) electrons. The molecule has 0 aromatic heterocycles. The number of carboxylic acid groups (broad SMARTS) is 1. The quantitative estimate of drug-likeness (QED) is 0.366. The summed E-state index contributed by atoms with van der Waals surface area (Å²) in [6.45, 7) is 2.64. The van der Waals surface area contributed by atoms with Gasteiger partial charge in [0.25, 0.3) is 0 Å². The van der Waals surface area contributed by atoms with Gasteiger partial charge >= 0.3 is 6.09 Å². The van der Waals surface area contributed by atoms with Gasteiger partial charge in [0.15, 0.2) is 0 Å². The molecule has 0 rings (SSSR count). The second-order valence-electron chi connectivity index (χ2n) is 0.954. The van der Waals surface area contributed by atoms with Crippen molar-refractivity contribution < 1.29 is 14.8 Å². The lowest BCUT2D eigenvalue weighted by Gasteiger charge is -1.87. The molecule has 6 nitrogen and oxygen atoms in total. The molecule has 0 spiro atoms. The van der Waals surface area contributed by atoms with Crippen LogP contribution in [0, 0.1) is 0 Å². The average molecular weight is 137 g/mol. The minimum Gasteiger partial charge on any atom is -0.465 e. The number of carbonyl (C=O) groups is 1. The van der Waals surface area contributed by atoms with Gasteiger partial charge in [-0.25, -0.2) is 9.73 Å². The van der Waals surface area contributed by atoms with Crippen molar-refractivity contribution in [3.63, 3.8) is 0 Å². The molecule has 0 heterocycles. The van der Waals surface area contributed by atoms with Gasteiger partial charge < -0.3 is 10.8 Å². The molecule has 0 aliphatic rings. The zero-order valence-corrected chi connectivity index (χ0v) is 5.13. The van der Waals surface area contributed by atoms with E-state index in [1.54, 1.807) is 0 Å². The molecule has 0 bridgehead atoms. The molecule has 56 valence electrons. The average Bonchev–Trinajstić information content (AvgIpc) is 1.66. The van der Waals surface area contributed by atoms with E-state index in [9.17, 15) is 0 Å². The lowest BCUT2D eigenvalue weighted by molar-refractivity contribution is 0.0445. The number of rotatable bonds is 2. The van der Waals surface area contributed by atoms with Gasteiger partial charge in [0.05, 0.1) is 0 Å². The Bertz CT molecular complexity index is 61.3.